The van der Waals surface area contributed by atoms with Gasteiger partial charge in [-0.25, -0.2) is 4.98 Å². The van der Waals surface area contributed by atoms with Gasteiger partial charge in [0, 0.05) is 35.2 Å². The van der Waals surface area contributed by atoms with E-state index in [2.05, 4.69) is 76.1 Å². The van der Waals surface area contributed by atoms with E-state index in [-0.39, 0.29) is 0 Å². The van der Waals surface area contributed by atoms with Crippen molar-refractivity contribution in [1.29, 1.82) is 0 Å². The van der Waals surface area contributed by atoms with Crippen LogP contribution in [-0.4, -0.2) is 14.5 Å². The number of hydrogen-bond donors (Lipinski definition) is 0. The summed E-state index contributed by atoms with van der Waals surface area (Å²) in [5, 5.41) is 2.36. The molecule has 142 valence electrons. The molecule has 3 heterocycles. The van der Waals surface area contributed by atoms with Crippen molar-refractivity contribution in [3.63, 3.8) is 0 Å². The lowest BCUT2D eigenvalue weighted by Gasteiger charge is -2.12. The molecule has 3 aromatic heterocycles. The van der Waals surface area contributed by atoms with Gasteiger partial charge in [0.2, 0.25) is 5.88 Å². The second-order valence-corrected chi connectivity index (χ2v) is 7.15. The summed E-state index contributed by atoms with van der Waals surface area (Å²) in [6.45, 7) is 3.31. The smallest absolute Gasteiger partial charge is 0.238 e. The molecule has 0 fully saturated rings. The van der Waals surface area contributed by atoms with Gasteiger partial charge >= 0.3 is 0 Å². The molecule has 0 radical (unpaired) electrons. The predicted octanol–water partition coefficient (Wildman–Crippen LogP) is 5.52. The van der Waals surface area contributed by atoms with E-state index in [4.69, 9.17) is 4.74 Å². The summed E-state index contributed by atoms with van der Waals surface area (Å²) in [6, 6.07) is 24.9. The van der Waals surface area contributed by atoms with Crippen LogP contribution in [0.5, 0.6) is 5.88 Å². The highest BCUT2D eigenvalue weighted by molar-refractivity contribution is 6.09. The molecule has 0 aliphatic rings. The first kappa shape index (κ1) is 17.4. The summed E-state index contributed by atoms with van der Waals surface area (Å²) in [6.07, 6.45) is 3.60. The lowest BCUT2D eigenvalue weighted by molar-refractivity contribution is 0.292. The van der Waals surface area contributed by atoms with Crippen molar-refractivity contribution in [2.75, 3.05) is 0 Å². The lowest BCUT2D eigenvalue weighted by atomic mass is 10.1. The number of pyridine rings is 2. The van der Waals surface area contributed by atoms with Crippen molar-refractivity contribution in [3.05, 3.63) is 102 Å². The van der Waals surface area contributed by atoms with Gasteiger partial charge in [0.1, 0.15) is 12.1 Å². The number of nitrogens with zero attached hydrogens (tertiary/aromatic N) is 3. The summed E-state index contributed by atoms with van der Waals surface area (Å²) >= 11 is 0. The van der Waals surface area contributed by atoms with Gasteiger partial charge in [0.05, 0.1) is 5.69 Å². The van der Waals surface area contributed by atoms with E-state index in [1.165, 1.54) is 22.0 Å². The molecule has 0 unspecified atom stereocenters. The molecule has 0 bridgehead atoms. The first-order chi connectivity index (χ1) is 14.3. The highest BCUT2D eigenvalue weighted by Gasteiger charge is 2.16. The second kappa shape index (κ2) is 7.40. The molecular weight excluding hydrogens is 358 g/mol. The van der Waals surface area contributed by atoms with Gasteiger partial charge in [-0.2, -0.15) is 0 Å². The Labute approximate surface area is 169 Å². The molecular formula is C25H21N3O. The summed E-state index contributed by atoms with van der Waals surface area (Å²) in [4.78, 5) is 8.93. The zero-order valence-electron chi connectivity index (χ0n) is 16.2. The number of aryl methyl sites for hydroxylation is 1. The van der Waals surface area contributed by atoms with Crippen LogP contribution in [0.4, 0.5) is 0 Å². The first-order valence-electron chi connectivity index (χ1n) is 9.74. The van der Waals surface area contributed by atoms with Crippen LogP contribution >= 0.6 is 0 Å². The van der Waals surface area contributed by atoms with Gasteiger partial charge < -0.3 is 9.30 Å². The molecule has 0 N–H and O–H groups in total. The number of fused-ring (bicyclic) bond motifs is 3. The molecule has 0 aliphatic heterocycles. The van der Waals surface area contributed by atoms with Crippen LogP contribution in [-0.2, 0) is 13.2 Å². The molecule has 5 aromatic rings. The van der Waals surface area contributed by atoms with Crippen molar-refractivity contribution in [3.8, 4) is 5.88 Å². The van der Waals surface area contributed by atoms with Crippen molar-refractivity contribution in [2.45, 2.75) is 20.1 Å². The number of benzene rings is 2. The number of para-hydroxylation sites is 1. The maximum Gasteiger partial charge on any atom is 0.238 e. The van der Waals surface area contributed by atoms with Gasteiger partial charge in [-0.05, 0) is 42.3 Å². The van der Waals surface area contributed by atoms with E-state index in [9.17, 15) is 0 Å². The zero-order valence-corrected chi connectivity index (χ0v) is 16.2. The van der Waals surface area contributed by atoms with E-state index in [1.807, 2.05) is 24.4 Å². The van der Waals surface area contributed by atoms with Crippen molar-refractivity contribution in [2.24, 2.45) is 0 Å². The molecule has 0 atom stereocenters. The standard InChI is InChI=1S/C25H21N3O/c1-18-8-2-3-9-19(18)16-28-23-12-5-4-11-21(23)22-13-15-27-25(24(22)28)29-17-20-10-6-7-14-26-20/h2-15H,16-17H2,1H3. The van der Waals surface area contributed by atoms with Gasteiger partial charge in [-0.1, -0.05) is 48.5 Å². The Morgan fingerprint density at radius 2 is 1.62 bits per heavy atom. The number of rotatable bonds is 5. The molecule has 4 nitrogen and oxygen atoms in total. The normalized spacial score (nSPS) is 11.2. The van der Waals surface area contributed by atoms with Crippen LogP contribution < -0.4 is 4.74 Å². The molecule has 0 spiro atoms. The minimum absolute atomic E-state index is 0.388. The fourth-order valence-electron chi connectivity index (χ4n) is 3.82. The van der Waals surface area contributed by atoms with Crippen LogP contribution in [0.1, 0.15) is 16.8 Å². The lowest BCUT2D eigenvalue weighted by Crippen LogP contribution is -2.05. The third-order valence-corrected chi connectivity index (χ3v) is 5.32. The van der Waals surface area contributed by atoms with Crippen LogP contribution in [0.2, 0.25) is 0 Å². The van der Waals surface area contributed by atoms with Crippen LogP contribution in [0.25, 0.3) is 21.8 Å². The third kappa shape index (κ3) is 3.23. The highest BCUT2D eigenvalue weighted by Crippen LogP contribution is 2.34. The van der Waals surface area contributed by atoms with Crippen LogP contribution in [0.15, 0.2) is 85.2 Å². The fraction of sp³-hybridized carbons (Fsp3) is 0.120. The Balaban J connectivity index is 1.66. The van der Waals surface area contributed by atoms with Crippen LogP contribution in [0.3, 0.4) is 0 Å². The Kier molecular flexibility index (Phi) is 4.45. The first-order valence-corrected chi connectivity index (χ1v) is 9.74. The van der Waals surface area contributed by atoms with Gasteiger partial charge in [0.15, 0.2) is 0 Å². The number of ether oxygens (including phenoxy) is 1. The summed E-state index contributed by atoms with van der Waals surface area (Å²) in [5.41, 5.74) is 5.65. The largest absolute Gasteiger partial charge is 0.470 e. The number of aromatic nitrogens is 3. The summed E-state index contributed by atoms with van der Waals surface area (Å²) in [7, 11) is 0. The molecule has 0 saturated heterocycles. The Bertz CT molecular complexity index is 1290. The minimum Gasteiger partial charge on any atom is -0.470 e. The minimum atomic E-state index is 0.388. The average Bonchev–Trinajstić information content (AvgIpc) is 3.09. The second-order valence-electron chi connectivity index (χ2n) is 7.15. The fourth-order valence-corrected chi connectivity index (χ4v) is 3.82. The molecule has 4 heteroatoms. The molecule has 2 aromatic carbocycles. The SMILES string of the molecule is Cc1ccccc1Cn1c2ccccc2c2ccnc(OCc3ccccn3)c21. The summed E-state index contributed by atoms with van der Waals surface area (Å²) in [5.74, 6) is 0.637. The quantitative estimate of drug-likeness (QED) is 0.404. The summed E-state index contributed by atoms with van der Waals surface area (Å²) < 4.78 is 8.46. The predicted molar refractivity (Wildman–Crippen MR) is 116 cm³/mol. The third-order valence-electron chi connectivity index (χ3n) is 5.32. The van der Waals surface area contributed by atoms with Crippen molar-refractivity contribution >= 4 is 21.8 Å². The van der Waals surface area contributed by atoms with Gasteiger partial charge in [0.25, 0.3) is 0 Å². The van der Waals surface area contributed by atoms with E-state index >= 15 is 0 Å². The monoisotopic (exact) mass is 379 g/mol. The van der Waals surface area contributed by atoms with E-state index in [1.54, 1.807) is 6.20 Å². The molecule has 5 rings (SSSR count). The molecule has 0 aliphatic carbocycles. The topological polar surface area (TPSA) is 39.9 Å². The maximum absolute atomic E-state index is 6.15. The van der Waals surface area contributed by atoms with Crippen LogP contribution in [0, 0.1) is 6.92 Å². The van der Waals surface area contributed by atoms with E-state index in [0.29, 0.717) is 12.5 Å². The van der Waals surface area contributed by atoms with Gasteiger partial charge in [-0.3, -0.25) is 4.98 Å². The number of hydrogen-bond acceptors (Lipinski definition) is 3. The Morgan fingerprint density at radius 3 is 2.48 bits per heavy atom. The average molecular weight is 379 g/mol. The zero-order chi connectivity index (χ0) is 19.6. The molecule has 0 saturated carbocycles. The molecule has 29 heavy (non-hydrogen) atoms. The highest BCUT2D eigenvalue weighted by atomic mass is 16.5. The van der Waals surface area contributed by atoms with Crippen molar-refractivity contribution in [1.82, 2.24) is 14.5 Å². The van der Waals surface area contributed by atoms with E-state index in [0.717, 1.165) is 23.1 Å². The Hall–Kier alpha value is -3.66. The molecule has 0 amide bonds. The maximum atomic E-state index is 6.15. The van der Waals surface area contributed by atoms with Crippen molar-refractivity contribution < 1.29 is 4.74 Å². The van der Waals surface area contributed by atoms with E-state index < -0.39 is 0 Å². The Morgan fingerprint density at radius 1 is 0.793 bits per heavy atom. The van der Waals surface area contributed by atoms with Gasteiger partial charge in [-0.15, -0.1) is 0 Å².